The van der Waals surface area contributed by atoms with E-state index in [2.05, 4.69) is 14.7 Å². The molecule has 1 atom stereocenters. The van der Waals surface area contributed by atoms with Crippen molar-refractivity contribution in [1.82, 2.24) is 5.01 Å². The Hall–Kier alpha value is -1.70. The third-order valence-corrected chi connectivity index (χ3v) is 11.3. The molecule has 2 heterocycles. The summed E-state index contributed by atoms with van der Waals surface area (Å²) in [6, 6.07) is 4.41. The molecule has 0 saturated carbocycles. The Morgan fingerprint density at radius 2 is 1.64 bits per heavy atom. The van der Waals surface area contributed by atoms with E-state index in [0.29, 0.717) is 49.3 Å². The average molecular weight is 822 g/mol. The Balaban J connectivity index is 0.00000756. The molecule has 14 nitrogen and oxygen atoms in total. The molecule has 0 N–H and O–H groups in total. The number of fused-ring (bicyclic) bond motifs is 1. The number of benzene rings is 1. The fourth-order valence-corrected chi connectivity index (χ4v) is 7.54. The minimum absolute atomic E-state index is 0. The number of hydrazone groups is 1. The molecule has 3 rings (SSSR count). The number of quaternary nitrogens is 1. The normalized spacial score (nSPS) is 19.6. The number of aliphatic imine (C=N–C) groups is 1. The maximum atomic E-state index is 12.3. The number of unbranched alkanes of at least 4 members (excludes halogenated alkanes) is 2. The third-order valence-electron chi connectivity index (χ3n) is 9.73. The van der Waals surface area contributed by atoms with Crippen molar-refractivity contribution in [2.24, 2.45) is 15.5 Å². The summed E-state index contributed by atoms with van der Waals surface area (Å²) in [4.78, 5) is 15.1. The van der Waals surface area contributed by atoms with Crippen LogP contribution >= 0.6 is 0 Å². The fraction of sp³-hybridized carbons (Fsp3) is 0.568. The van der Waals surface area contributed by atoms with Gasteiger partial charge >= 0.3 is 59.1 Å². The van der Waals surface area contributed by atoms with Gasteiger partial charge in [-0.25, -0.2) is 16.8 Å². The molecule has 0 aliphatic carbocycles. The van der Waals surface area contributed by atoms with Gasteiger partial charge in [0, 0.05) is 65.6 Å². The van der Waals surface area contributed by atoms with Crippen LogP contribution in [0.4, 0.5) is 5.69 Å². The third kappa shape index (κ3) is 15.2. The van der Waals surface area contributed by atoms with Crippen LogP contribution in [0.1, 0.15) is 78.2 Å². The second-order valence-corrected chi connectivity index (χ2v) is 18.2. The van der Waals surface area contributed by atoms with Crippen LogP contribution in [0.5, 0.6) is 0 Å². The van der Waals surface area contributed by atoms with Gasteiger partial charge in [-0.3, -0.25) is 10.0 Å². The molecule has 0 saturated heterocycles. The van der Waals surface area contributed by atoms with Crippen molar-refractivity contribution in [3.8, 4) is 0 Å². The van der Waals surface area contributed by atoms with Crippen molar-refractivity contribution < 1.29 is 109 Å². The topological polar surface area (TPSA) is 209 Å². The van der Waals surface area contributed by atoms with Gasteiger partial charge < -0.3 is 28.6 Å². The molecule has 1 aromatic carbocycles. The standard InChI is InChI=1S/C37H55N5O9S2.2Na/c1-28-37(4,21-14-26-52(46,47)48)33(41(39-28)24-20-35(44)45)16-11-8-10-15-32-36(2,3)30-27-29(53(49,50)51)18-19-31(30)40(32)23-13-9-12-17-34(43)38-22-25-42(5,6)7;;/h8,10-11,15-16,18-19,27H,9,12-14,17,20-26H2,1-7H3,(H2-2,38,43,44,45,46,47,48,49,50,51);;/q;2*+1/p-2. The summed E-state index contributed by atoms with van der Waals surface area (Å²) < 4.78 is 72.4. The van der Waals surface area contributed by atoms with Crippen molar-refractivity contribution in [1.29, 1.82) is 0 Å². The zero-order chi connectivity index (χ0) is 39.8. The summed E-state index contributed by atoms with van der Waals surface area (Å²) in [5.74, 6) is -1.87. The van der Waals surface area contributed by atoms with E-state index in [1.165, 1.54) is 12.1 Å². The molecule has 2 aliphatic rings. The Kier molecular flexibility index (Phi) is 19.9. The van der Waals surface area contributed by atoms with E-state index in [1.54, 1.807) is 36.2 Å². The SMILES string of the molecule is CC1=NN(CCC(=O)[O-])/C(=C/C=C/C=C/C2=[N+](CCCCCC([O-])=NCC[N+](C)(C)C)c3ccc(S(=O)(=O)[O-])cc3C2(C)C)C1(C)CCCS(=O)(=O)[O-].[Na+].[Na+]. The number of carbonyl (C=O) groups is 1. The number of carbonyl (C=O) groups excluding carboxylic acids is 1. The first-order chi connectivity index (χ1) is 24.5. The Bertz CT molecular complexity index is 1930. The Morgan fingerprint density at radius 3 is 2.24 bits per heavy atom. The van der Waals surface area contributed by atoms with Gasteiger partial charge in [-0.1, -0.05) is 18.2 Å². The Labute approximate surface area is 371 Å². The number of carboxylic acids is 1. The molecule has 294 valence electrons. The van der Waals surface area contributed by atoms with Gasteiger partial charge in [-0.05, 0) is 83.9 Å². The maximum absolute atomic E-state index is 12.3. The van der Waals surface area contributed by atoms with Gasteiger partial charge in [0.2, 0.25) is 5.69 Å². The van der Waals surface area contributed by atoms with Crippen molar-refractivity contribution in [2.45, 2.75) is 83.0 Å². The molecule has 18 heteroatoms. The molecule has 2 aliphatic heterocycles. The van der Waals surface area contributed by atoms with Crippen LogP contribution in [0.3, 0.4) is 0 Å². The van der Waals surface area contributed by atoms with Crippen LogP contribution < -0.4 is 69.3 Å². The smallest absolute Gasteiger partial charge is 0.862 e. The first-order valence-electron chi connectivity index (χ1n) is 17.7. The van der Waals surface area contributed by atoms with E-state index >= 15 is 0 Å². The van der Waals surface area contributed by atoms with Crippen LogP contribution in [0.15, 0.2) is 69.3 Å². The summed E-state index contributed by atoms with van der Waals surface area (Å²) in [6.07, 6.45) is 11.8. The summed E-state index contributed by atoms with van der Waals surface area (Å²) in [7, 11) is -2.95. The number of likely N-dealkylation sites (N-methyl/N-ethyl adjacent to an activating group) is 1. The molecule has 1 aromatic rings. The second kappa shape index (κ2) is 21.3. The molecule has 0 bridgehead atoms. The van der Waals surface area contributed by atoms with Crippen molar-refractivity contribution in [3.63, 3.8) is 0 Å². The summed E-state index contributed by atoms with van der Waals surface area (Å²) >= 11 is 0. The van der Waals surface area contributed by atoms with Gasteiger partial charge in [0.05, 0.1) is 54.7 Å². The van der Waals surface area contributed by atoms with Crippen molar-refractivity contribution in [2.75, 3.05) is 53.1 Å². The number of nitrogens with zero attached hydrogens (tertiary/aromatic N) is 5. The molecule has 55 heavy (non-hydrogen) atoms. The van der Waals surface area contributed by atoms with E-state index in [-0.39, 0.29) is 89.3 Å². The first-order valence-corrected chi connectivity index (χ1v) is 20.7. The minimum atomic E-state index is -4.68. The zero-order valence-corrected chi connectivity index (χ0v) is 39.5. The van der Waals surface area contributed by atoms with Gasteiger partial charge in [0.15, 0.2) is 5.71 Å². The van der Waals surface area contributed by atoms with Crippen molar-refractivity contribution >= 4 is 49.2 Å². The minimum Gasteiger partial charge on any atom is -0.862 e. The van der Waals surface area contributed by atoms with E-state index < -0.39 is 42.8 Å². The van der Waals surface area contributed by atoms with Crippen LogP contribution in [0.2, 0.25) is 0 Å². The number of aliphatic carboxylic acids is 1. The van der Waals surface area contributed by atoms with Crippen molar-refractivity contribution in [3.05, 3.63) is 59.8 Å². The monoisotopic (exact) mass is 821 g/mol. The van der Waals surface area contributed by atoms with Crippen LogP contribution in [0, 0.1) is 5.41 Å². The quantitative estimate of drug-likeness (QED) is 0.0183. The number of hydrogen-bond donors (Lipinski definition) is 0. The molecular formula is C37H53N5Na2O9S2. The summed E-state index contributed by atoms with van der Waals surface area (Å²) in [6.45, 7) is 9.45. The van der Waals surface area contributed by atoms with E-state index in [4.69, 9.17) is 0 Å². The van der Waals surface area contributed by atoms with Crippen LogP contribution in [-0.2, 0) is 30.4 Å². The molecule has 0 radical (unpaired) electrons. The van der Waals surface area contributed by atoms with Gasteiger partial charge in [0.1, 0.15) is 16.7 Å². The first kappa shape index (κ1) is 51.3. The van der Waals surface area contributed by atoms with E-state index in [1.807, 2.05) is 54.1 Å². The van der Waals surface area contributed by atoms with E-state index in [9.17, 15) is 40.9 Å². The summed E-state index contributed by atoms with van der Waals surface area (Å²) in [5.41, 5.74) is 2.26. The molecule has 0 fully saturated rings. The molecule has 1 unspecified atom stereocenters. The zero-order valence-electron chi connectivity index (χ0n) is 33.8. The van der Waals surface area contributed by atoms with E-state index in [0.717, 1.165) is 35.3 Å². The predicted molar refractivity (Wildman–Crippen MR) is 199 cm³/mol. The van der Waals surface area contributed by atoms with Crippen LogP contribution in [-0.4, -0.2) is 116 Å². The molecule has 0 amide bonds. The number of hydrogen-bond acceptors (Lipinski definition) is 12. The van der Waals surface area contributed by atoms with Gasteiger partial charge in [0.25, 0.3) is 0 Å². The maximum Gasteiger partial charge on any atom is 1.00 e. The fourth-order valence-electron chi connectivity index (χ4n) is 6.55. The second-order valence-electron chi connectivity index (χ2n) is 15.3. The summed E-state index contributed by atoms with van der Waals surface area (Å²) in [5, 5.41) is 29.6. The number of rotatable bonds is 20. The number of carboxylic acid groups (broad SMARTS) is 1. The number of allylic oxidation sites excluding steroid dienone is 6. The van der Waals surface area contributed by atoms with Crippen LogP contribution in [0.25, 0.3) is 0 Å². The molecule has 0 aromatic heterocycles. The van der Waals surface area contributed by atoms with Gasteiger partial charge in [-0.2, -0.15) is 9.68 Å². The largest absolute Gasteiger partial charge is 1.00 e. The average Bonchev–Trinajstić information content (AvgIpc) is 3.38. The molecule has 0 spiro atoms. The Morgan fingerprint density at radius 1 is 0.964 bits per heavy atom. The van der Waals surface area contributed by atoms with Gasteiger partial charge in [-0.15, -0.1) is 0 Å². The predicted octanol–water partition coefficient (Wildman–Crippen LogP) is -3.84. The molecular weight excluding hydrogens is 769 g/mol.